The number of carbonyl (C=O) groups excluding carboxylic acids is 1. The number of aromatic nitrogens is 2. The van der Waals surface area contributed by atoms with Gasteiger partial charge in [-0.1, -0.05) is 11.2 Å². The van der Waals surface area contributed by atoms with Crippen LogP contribution in [0.25, 0.3) is 10.8 Å². The molecular formula is C12H15N3O5S2. The molecule has 2 aromatic rings. The van der Waals surface area contributed by atoms with Crippen LogP contribution in [0.3, 0.4) is 0 Å². The molecule has 0 amide bonds. The van der Waals surface area contributed by atoms with Crippen molar-refractivity contribution < 1.29 is 22.5 Å². The van der Waals surface area contributed by atoms with Gasteiger partial charge in [-0.15, -0.1) is 11.3 Å². The average Bonchev–Trinajstić information content (AvgIpc) is 3.06. The molecule has 0 unspecified atom stereocenters. The topological polar surface area (TPSA) is 111 Å². The van der Waals surface area contributed by atoms with E-state index in [2.05, 4.69) is 14.9 Å². The number of rotatable bonds is 7. The fourth-order valence-electron chi connectivity index (χ4n) is 1.50. The first-order valence-electron chi connectivity index (χ1n) is 6.39. The Morgan fingerprint density at radius 1 is 1.50 bits per heavy atom. The highest BCUT2D eigenvalue weighted by Crippen LogP contribution is 2.22. The second kappa shape index (κ2) is 6.99. The van der Waals surface area contributed by atoms with Crippen LogP contribution in [0.5, 0.6) is 0 Å². The van der Waals surface area contributed by atoms with Gasteiger partial charge in [0.15, 0.2) is 11.6 Å². The molecular weight excluding hydrogens is 330 g/mol. The Balaban J connectivity index is 1.91. The van der Waals surface area contributed by atoms with Crippen molar-refractivity contribution in [3.8, 4) is 10.8 Å². The maximum Gasteiger partial charge on any atom is 0.322 e. The molecule has 0 aliphatic heterocycles. The molecule has 0 fully saturated rings. The fourth-order valence-corrected chi connectivity index (χ4v) is 2.98. The number of hydrogen-bond acceptors (Lipinski definition) is 8. The summed E-state index contributed by atoms with van der Waals surface area (Å²) in [6, 6.07) is 3.65. The molecule has 0 saturated heterocycles. The molecule has 22 heavy (non-hydrogen) atoms. The molecule has 2 aromatic heterocycles. The molecule has 0 aromatic carbocycles. The lowest BCUT2D eigenvalue weighted by molar-refractivity contribution is -0.144. The molecule has 120 valence electrons. The van der Waals surface area contributed by atoms with E-state index >= 15 is 0 Å². The zero-order valence-corrected chi connectivity index (χ0v) is 13.6. The molecule has 0 bridgehead atoms. The van der Waals surface area contributed by atoms with E-state index in [0.29, 0.717) is 5.89 Å². The van der Waals surface area contributed by atoms with Crippen molar-refractivity contribution in [3.05, 3.63) is 23.3 Å². The molecule has 0 radical (unpaired) electrons. The van der Waals surface area contributed by atoms with Crippen LogP contribution in [-0.2, 0) is 26.1 Å². The minimum atomic E-state index is -3.81. The van der Waals surface area contributed by atoms with Gasteiger partial charge in [0.2, 0.25) is 10.0 Å². The van der Waals surface area contributed by atoms with Crippen molar-refractivity contribution in [2.75, 3.05) is 5.75 Å². The SMILES string of the molecule is CC(C)OC(=O)CS(=O)(=O)NCc1noc(-c2cccs2)n1. The van der Waals surface area contributed by atoms with Crippen LogP contribution in [0.4, 0.5) is 0 Å². The lowest BCUT2D eigenvalue weighted by Gasteiger charge is -2.08. The molecule has 2 rings (SSSR count). The highest BCUT2D eigenvalue weighted by Gasteiger charge is 2.19. The molecule has 0 aliphatic rings. The summed E-state index contributed by atoms with van der Waals surface area (Å²) in [6.45, 7) is 3.12. The first-order chi connectivity index (χ1) is 10.4. The third kappa shape index (κ3) is 4.90. The molecule has 10 heteroatoms. The van der Waals surface area contributed by atoms with Crippen molar-refractivity contribution >= 4 is 27.3 Å². The number of esters is 1. The summed E-state index contributed by atoms with van der Waals surface area (Å²) in [5.74, 6) is -1.05. The maximum atomic E-state index is 11.7. The Morgan fingerprint density at radius 3 is 2.91 bits per heavy atom. The van der Waals surface area contributed by atoms with Gasteiger partial charge in [-0.25, -0.2) is 13.1 Å². The van der Waals surface area contributed by atoms with Crippen LogP contribution in [0.15, 0.2) is 22.0 Å². The summed E-state index contributed by atoms with van der Waals surface area (Å²) in [4.78, 5) is 16.2. The Kier molecular flexibility index (Phi) is 5.27. The first-order valence-corrected chi connectivity index (χ1v) is 8.92. The highest BCUT2D eigenvalue weighted by atomic mass is 32.2. The van der Waals surface area contributed by atoms with Crippen LogP contribution in [-0.4, -0.2) is 36.4 Å². The van der Waals surface area contributed by atoms with E-state index in [9.17, 15) is 13.2 Å². The molecule has 0 aliphatic carbocycles. The third-order valence-corrected chi connectivity index (χ3v) is 4.38. The van der Waals surface area contributed by atoms with E-state index in [0.717, 1.165) is 4.88 Å². The molecule has 0 atom stereocenters. The van der Waals surface area contributed by atoms with Gasteiger partial charge < -0.3 is 9.26 Å². The van der Waals surface area contributed by atoms with E-state index in [-0.39, 0.29) is 18.5 Å². The van der Waals surface area contributed by atoms with Gasteiger partial charge in [0.05, 0.1) is 17.5 Å². The van der Waals surface area contributed by atoms with Gasteiger partial charge in [0.1, 0.15) is 0 Å². The van der Waals surface area contributed by atoms with E-state index < -0.39 is 21.7 Å². The number of nitrogens with zero attached hydrogens (tertiary/aromatic N) is 2. The van der Waals surface area contributed by atoms with Crippen LogP contribution in [0.2, 0.25) is 0 Å². The van der Waals surface area contributed by atoms with Gasteiger partial charge in [0, 0.05) is 0 Å². The van der Waals surface area contributed by atoms with Gasteiger partial charge in [-0.3, -0.25) is 4.79 Å². The Hall–Kier alpha value is -1.78. The highest BCUT2D eigenvalue weighted by molar-refractivity contribution is 7.90. The minimum absolute atomic E-state index is 0.161. The van der Waals surface area contributed by atoms with E-state index in [1.54, 1.807) is 13.8 Å². The average molecular weight is 345 g/mol. The lowest BCUT2D eigenvalue weighted by atomic mass is 10.5. The predicted octanol–water partition coefficient (Wildman–Crippen LogP) is 1.17. The van der Waals surface area contributed by atoms with Gasteiger partial charge in [0.25, 0.3) is 5.89 Å². The van der Waals surface area contributed by atoms with Crippen LogP contribution < -0.4 is 4.72 Å². The smallest absolute Gasteiger partial charge is 0.322 e. The molecule has 1 N–H and O–H groups in total. The van der Waals surface area contributed by atoms with Gasteiger partial charge >= 0.3 is 5.97 Å². The van der Waals surface area contributed by atoms with E-state index in [1.165, 1.54) is 11.3 Å². The van der Waals surface area contributed by atoms with Crippen LogP contribution >= 0.6 is 11.3 Å². The molecule has 8 nitrogen and oxygen atoms in total. The van der Waals surface area contributed by atoms with Crippen molar-refractivity contribution in [2.45, 2.75) is 26.5 Å². The zero-order chi connectivity index (χ0) is 16.2. The minimum Gasteiger partial charge on any atom is -0.462 e. The van der Waals surface area contributed by atoms with Crippen molar-refractivity contribution in [3.63, 3.8) is 0 Å². The van der Waals surface area contributed by atoms with E-state index in [1.807, 2.05) is 17.5 Å². The summed E-state index contributed by atoms with van der Waals surface area (Å²) in [7, 11) is -3.81. The number of carbonyl (C=O) groups is 1. The van der Waals surface area contributed by atoms with E-state index in [4.69, 9.17) is 9.26 Å². The summed E-state index contributed by atoms with van der Waals surface area (Å²) < 4.78 is 35.5. The van der Waals surface area contributed by atoms with Crippen LogP contribution in [0.1, 0.15) is 19.7 Å². The van der Waals surface area contributed by atoms with Gasteiger partial charge in [-0.05, 0) is 25.3 Å². The monoisotopic (exact) mass is 345 g/mol. The third-order valence-electron chi connectivity index (χ3n) is 2.33. The first kappa shape index (κ1) is 16.6. The normalized spacial score (nSPS) is 11.8. The quantitative estimate of drug-likeness (QED) is 0.750. The number of hydrogen-bond donors (Lipinski definition) is 1. The van der Waals surface area contributed by atoms with Crippen molar-refractivity contribution in [1.29, 1.82) is 0 Å². The number of thiophene rings is 1. The predicted molar refractivity (Wildman–Crippen MR) is 79.5 cm³/mol. The summed E-state index contributed by atoms with van der Waals surface area (Å²) in [6.07, 6.45) is -0.367. The Morgan fingerprint density at radius 2 is 2.27 bits per heavy atom. The molecule has 0 saturated carbocycles. The number of sulfonamides is 1. The fraction of sp³-hybridized carbons (Fsp3) is 0.417. The Labute approximate surface area is 131 Å². The number of nitrogens with one attached hydrogen (secondary N) is 1. The van der Waals surface area contributed by atoms with Gasteiger partial charge in [-0.2, -0.15) is 4.98 Å². The van der Waals surface area contributed by atoms with Crippen LogP contribution in [0, 0.1) is 0 Å². The molecule has 2 heterocycles. The number of ether oxygens (including phenoxy) is 1. The van der Waals surface area contributed by atoms with Crippen molar-refractivity contribution in [1.82, 2.24) is 14.9 Å². The second-order valence-corrected chi connectivity index (χ2v) is 7.37. The largest absolute Gasteiger partial charge is 0.462 e. The standard InChI is InChI=1S/C12H15N3O5S2/c1-8(2)19-11(16)7-22(17,18)13-6-10-14-12(20-15-10)9-4-3-5-21-9/h3-5,8,13H,6-7H2,1-2H3. The molecule has 0 spiro atoms. The Bertz CT molecular complexity index is 722. The lowest BCUT2D eigenvalue weighted by Crippen LogP contribution is -2.31. The summed E-state index contributed by atoms with van der Waals surface area (Å²) in [5, 5.41) is 5.54. The van der Waals surface area contributed by atoms with Crippen molar-refractivity contribution in [2.24, 2.45) is 0 Å². The summed E-state index contributed by atoms with van der Waals surface area (Å²) in [5.41, 5.74) is 0. The maximum absolute atomic E-state index is 11.7. The second-order valence-electron chi connectivity index (χ2n) is 4.61. The summed E-state index contributed by atoms with van der Waals surface area (Å²) >= 11 is 1.43. The zero-order valence-electron chi connectivity index (χ0n) is 12.0.